The van der Waals surface area contributed by atoms with E-state index in [1.165, 1.54) is 250 Å². The van der Waals surface area contributed by atoms with Gasteiger partial charge < -0.3 is 33.8 Å². The molecule has 0 aliphatic heterocycles. The van der Waals surface area contributed by atoms with Gasteiger partial charge >= 0.3 is 39.5 Å². The van der Waals surface area contributed by atoms with Gasteiger partial charge in [-0.3, -0.25) is 37.3 Å². The Bertz CT molecular complexity index is 2060. The predicted octanol–water partition coefficient (Wildman–Crippen LogP) is 26.3. The number of carbonyl (C=O) groups is 4. The molecule has 630 valence electrons. The number of esters is 4. The maximum atomic E-state index is 13.1. The lowest BCUT2D eigenvalue weighted by molar-refractivity contribution is -0.161. The van der Waals surface area contributed by atoms with Crippen LogP contribution in [0.2, 0.25) is 0 Å². The van der Waals surface area contributed by atoms with Gasteiger partial charge in [-0.25, -0.2) is 9.13 Å². The number of aliphatic hydroxyl groups excluding tert-OH is 1. The van der Waals surface area contributed by atoms with E-state index >= 15 is 0 Å². The molecule has 17 nitrogen and oxygen atoms in total. The molecule has 0 saturated heterocycles. The molecule has 0 aliphatic rings. The Morgan fingerprint density at radius 3 is 0.670 bits per heavy atom. The van der Waals surface area contributed by atoms with Crippen molar-refractivity contribution in [2.24, 2.45) is 23.7 Å². The first-order valence-electron chi connectivity index (χ1n) is 44.8. The summed E-state index contributed by atoms with van der Waals surface area (Å²) in [5.41, 5.74) is 0. The van der Waals surface area contributed by atoms with Crippen LogP contribution in [0.1, 0.15) is 453 Å². The molecule has 0 aromatic rings. The Morgan fingerprint density at radius 2 is 0.453 bits per heavy atom. The van der Waals surface area contributed by atoms with Crippen LogP contribution in [0.25, 0.3) is 0 Å². The predicted molar refractivity (Wildman–Crippen MR) is 437 cm³/mol. The number of hydrogen-bond donors (Lipinski definition) is 3. The van der Waals surface area contributed by atoms with Crippen LogP contribution in [0.15, 0.2) is 0 Å². The van der Waals surface area contributed by atoms with Crippen molar-refractivity contribution >= 4 is 39.5 Å². The third-order valence-corrected chi connectivity index (χ3v) is 22.9. The summed E-state index contributed by atoms with van der Waals surface area (Å²) in [5, 5.41) is 10.7. The second-order valence-electron chi connectivity index (χ2n) is 32.7. The Kier molecular flexibility index (Phi) is 74.3. The highest BCUT2D eigenvalue weighted by molar-refractivity contribution is 7.47. The number of hydrogen-bond acceptors (Lipinski definition) is 15. The zero-order valence-electron chi connectivity index (χ0n) is 70.1. The molecule has 4 unspecified atom stereocenters. The molecular weight excluding hydrogens is 1380 g/mol. The van der Waals surface area contributed by atoms with Gasteiger partial charge in [-0.2, -0.15) is 0 Å². The van der Waals surface area contributed by atoms with Crippen LogP contribution >= 0.6 is 15.6 Å². The molecule has 0 radical (unpaired) electrons. The van der Waals surface area contributed by atoms with Crippen LogP contribution in [-0.2, 0) is 65.4 Å². The van der Waals surface area contributed by atoms with E-state index in [9.17, 15) is 43.2 Å². The highest BCUT2D eigenvalue weighted by Crippen LogP contribution is 2.45. The average Bonchev–Trinajstić information content (AvgIpc) is 0.902. The summed E-state index contributed by atoms with van der Waals surface area (Å²) in [5.74, 6) is 1.07. The normalized spacial score (nSPS) is 14.4. The zero-order chi connectivity index (χ0) is 78.1. The highest BCUT2D eigenvalue weighted by Gasteiger charge is 2.31. The van der Waals surface area contributed by atoms with Crippen LogP contribution in [0.4, 0.5) is 0 Å². The third kappa shape index (κ3) is 77.4. The van der Waals surface area contributed by atoms with Crippen molar-refractivity contribution in [1.82, 2.24) is 0 Å². The van der Waals surface area contributed by atoms with Crippen molar-refractivity contribution in [3.63, 3.8) is 0 Å². The van der Waals surface area contributed by atoms with Gasteiger partial charge in [-0.1, -0.05) is 402 Å². The first kappa shape index (κ1) is 104. The fourth-order valence-corrected chi connectivity index (χ4v) is 15.0. The molecule has 0 fully saturated rings. The summed E-state index contributed by atoms with van der Waals surface area (Å²) in [4.78, 5) is 73.2. The molecule has 0 rings (SSSR count). The van der Waals surface area contributed by atoms with Crippen molar-refractivity contribution in [3.05, 3.63) is 0 Å². The van der Waals surface area contributed by atoms with Crippen LogP contribution in [0.3, 0.4) is 0 Å². The molecule has 19 heteroatoms. The number of carbonyl (C=O) groups excluding carboxylic acids is 4. The lowest BCUT2D eigenvalue weighted by atomic mass is 9.99. The Hall–Kier alpha value is -1.94. The molecule has 0 spiro atoms. The summed E-state index contributed by atoms with van der Waals surface area (Å²) < 4.78 is 68.9. The van der Waals surface area contributed by atoms with Gasteiger partial charge in [0.05, 0.1) is 26.4 Å². The number of ether oxygens (including phenoxy) is 4. The van der Waals surface area contributed by atoms with Gasteiger partial charge in [0, 0.05) is 25.7 Å². The maximum Gasteiger partial charge on any atom is 0.472 e. The number of unbranched alkanes of at least 4 members (excludes halogenated alkanes) is 48. The SMILES string of the molecule is CCC(C)CCCCCCCCCCCCC(=O)O[C@H](COC(=O)CCCCCCCCCCCCCCCCCCCCC(C)C)COP(=O)(O)OC[C@@H](O)COP(=O)(O)OC[C@@H](COC(=O)CCCCCCCCC(C)CC)OC(=O)CCCCCCCCCCCCCCCCCCCCC(C)C. The lowest BCUT2D eigenvalue weighted by Crippen LogP contribution is -2.30. The monoisotopic (exact) mass is 1550 g/mol. The van der Waals surface area contributed by atoms with E-state index in [-0.39, 0.29) is 25.7 Å². The highest BCUT2D eigenvalue weighted by atomic mass is 31.2. The molecule has 0 heterocycles. The topological polar surface area (TPSA) is 237 Å². The van der Waals surface area contributed by atoms with Gasteiger partial charge in [0.2, 0.25) is 0 Å². The Balaban J connectivity index is 5.18. The van der Waals surface area contributed by atoms with E-state index in [0.717, 1.165) is 120 Å². The Morgan fingerprint density at radius 1 is 0.264 bits per heavy atom. The number of phosphoric ester groups is 2. The smallest absolute Gasteiger partial charge is 0.462 e. The van der Waals surface area contributed by atoms with E-state index in [0.29, 0.717) is 25.7 Å². The van der Waals surface area contributed by atoms with E-state index in [2.05, 4.69) is 55.4 Å². The van der Waals surface area contributed by atoms with Gasteiger partial charge in [0.15, 0.2) is 12.2 Å². The minimum Gasteiger partial charge on any atom is -0.462 e. The summed E-state index contributed by atoms with van der Waals surface area (Å²) in [6.07, 6.45) is 65.4. The minimum absolute atomic E-state index is 0.106. The van der Waals surface area contributed by atoms with E-state index < -0.39 is 97.5 Å². The van der Waals surface area contributed by atoms with Crippen LogP contribution in [0.5, 0.6) is 0 Å². The Labute approximate surface area is 651 Å². The molecule has 0 bridgehead atoms. The van der Waals surface area contributed by atoms with E-state index in [1.807, 2.05) is 0 Å². The molecule has 0 aromatic carbocycles. The largest absolute Gasteiger partial charge is 0.472 e. The quantitative estimate of drug-likeness (QED) is 0.0222. The summed E-state index contributed by atoms with van der Waals surface area (Å²) in [7, 11) is -9.93. The van der Waals surface area contributed by atoms with Crippen molar-refractivity contribution in [1.29, 1.82) is 0 Å². The number of rotatable bonds is 84. The first-order chi connectivity index (χ1) is 51.2. The molecule has 0 aliphatic carbocycles. The van der Waals surface area contributed by atoms with Gasteiger partial charge in [0.1, 0.15) is 19.3 Å². The molecule has 0 amide bonds. The molecule has 0 saturated carbocycles. The lowest BCUT2D eigenvalue weighted by Gasteiger charge is -2.21. The molecule has 7 atom stereocenters. The fraction of sp³-hybridized carbons (Fsp3) is 0.954. The number of phosphoric acid groups is 2. The van der Waals surface area contributed by atoms with Crippen LogP contribution in [-0.4, -0.2) is 96.7 Å². The fourth-order valence-electron chi connectivity index (χ4n) is 13.4. The van der Waals surface area contributed by atoms with Crippen LogP contribution in [0, 0.1) is 23.7 Å². The van der Waals surface area contributed by atoms with Gasteiger partial charge in [0.25, 0.3) is 0 Å². The zero-order valence-corrected chi connectivity index (χ0v) is 71.9. The van der Waals surface area contributed by atoms with Gasteiger partial charge in [-0.15, -0.1) is 0 Å². The molecule has 0 aromatic heterocycles. The summed E-state index contributed by atoms with van der Waals surface area (Å²) >= 11 is 0. The second kappa shape index (κ2) is 75.7. The molecular formula is C87H170O17P2. The van der Waals surface area contributed by atoms with Crippen LogP contribution < -0.4 is 0 Å². The second-order valence-corrected chi connectivity index (χ2v) is 35.6. The average molecular weight is 1550 g/mol. The van der Waals surface area contributed by atoms with E-state index in [4.69, 9.17) is 37.0 Å². The van der Waals surface area contributed by atoms with Crippen molar-refractivity contribution in [2.45, 2.75) is 472 Å². The standard InChI is InChI=1S/C87H170O17P2/c1-9-79(7)65-57-49-41-35-31-32-38-44-54-62-70-87(92)103-82(73-97-84(89)67-59-51-42-36-29-25-21-17-13-11-15-19-23-27-33-39-47-55-63-77(3)4)75-101-105(93,94)99-71-81(88)72-100-106(95,96)102-76-83(74-98-85(90)68-60-52-46-45-50-58-66-80(8)10-2)104-86(91)69-61-53-43-37-30-26-22-18-14-12-16-20-24-28-34-40-48-56-64-78(5)6/h77-83,88H,9-76H2,1-8H3,(H,93,94)(H,95,96)/t79?,80?,81-,82-,83-/m1/s1. The van der Waals surface area contributed by atoms with E-state index in [1.54, 1.807) is 0 Å². The van der Waals surface area contributed by atoms with Crippen molar-refractivity contribution < 1.29 is 80.2 Å². The minimum atomic E-state index is -4.97. The van der Waals surface area contributed by atoms with Crippen molar-refractivity contribution in [2.75, 3.05) is 39.6 Å². The summed E-state index contributed by atoms with van der Waals surface area (Å²) in [6.45, 7) is 14.3. The first-order valence-corrected chi connectivity index (χ1v) is 47.8. The summed E-state index contributed by atoms with van der Waals surface area (Å²) in [6, 6.07) is 0. The molecule has 3 N–H and O–H groups in total. The third-order valence-electron chi connectivity index (χ3n) is 21.0. The maximum absolute atomic E-state index is 13.1. The van der Waals surface area contributed by atoms with Gasteiger partial charge in [-0.05, 0) is 49.4 Å². The molecule has 106 heavy (non-hydrogen) atoms. The number of aliphatic hydroxyl groups is 1. The van der Waals surface area contributed by atoms with Crippen molar-refractivity contribution in [3.8, 4) is 0 Å².